The van der Waals surface area contributed by atoms with E-state index in [0.717, 1.165) is 0 Å². The number of hydrogen-bond acceptors (Lipinski definition) is 0. The molecule has 0 radical (unpaired) electrons. The van der Waals surface area contributed by atoms with Gasteiger partial charge in [-0.25, -0.2) is 0 Å². The predicted octanol–water partition coefficient (Wildman–Crippen LogP) is 8.32. The second-order valence-electron chi connectivity index (χ2n) is 6.46. The van der Waals surface area contributed by atoms with Crippen LogP contribution in [0.5, 0.6) is 0 Å². The van der Waals surface area contributed by atoms with Crippen molar-refractivity contribution in [2.75, 3.05) is 0 Å². The third-order valence-electron chi connectivity index (χ3n) is 4.19. The van der Waals surface area contributed by atoms with Crippen molar-refractivity contribution in [3.63, 3.8) is 0 Å². The van der Waals surface area contributed by atoms with Crippen LogP contribution in [-0.4, -0.2) is 0 Å². The second-order valence-corrected chi connectivity index (χ2v) is 6.46. The average Bonchev–Trinajstić information content (AvgIpc) is 2.57. The first-order valence-electron chi connectivity index (χ1n) is 10.0. The molecule has 0 aliphatic heterocycles. The van der Waals surface area contributed by atoms with Gasteiger partial charge in [0.15, 0.2) is 0 Å². The number of hydrogen-bond donors (Lipinski definition) is 0. The predicted molar refractivity (Wildman–Crippen MR) is 108 cm³/mol. The standard InChI is InChI=1S/C23H40/c1-3-5-7-9-11-13-15-17-19-21-23-22-20-18-16-14-12-10-8-6-4-2/h3,5,7,9,11,13,15H,1,4,6,8,10,12,14,16-23H2,2H3/b7-5+,11-9+,15-13+. The van der Waals surface area contributed by atoms with Crippen molar-refractivity contribution in [3.05, 3.63) is 49.1 Å². The van der Waals surface area contributed by atoms with Gasteiger partial charge in [-0.1, -0.05) is 133 Å². The van der Waals surface area contributed by atoms with Gasteiger partial charge in [-0.15, -0.1) is 0 Å². The normalized spacial score (nSPS) is 12.0. The van der Waals surface area contributed by atoms with Gasteiger partial charge >= 0.3 is 0 Å². The highest BCUT2D eigenvalue weighted by atomic mass is 14.0. The molecule has 0 aromatic heterocycles. The van der Waals surface area contributed by atoms with Gasteiger partial charge in [-0.05, 0) is 12.8 Å². The Morgan fingerprint density at radius 1 is 0.522 bits per heavy atom. The third kappa shape index (κ3) is 21.0. The maximum Gasteiger partial charge on any atom is -0.0348 e. The lowest BCUT2D eigenvalue weighted by atomic mass is 10.0. The van der Waals surface area contributed by atoms with E-state index in [1.54, 1.807) is 6.08 Å². The minimum Gasteiger partial charge on any atom is -0.0991 e. The summed E-state index contributed by atoms with van der Waals surface area (Å²) in [5, 5.41) is 0. The SMILES string of the molecule is C=C/C=C/C=C/C=C/CCCCCCCCCCCCCCC. The van der Waals surface area contributed by atoms with E-state index >= 15 is 0 Å². The van der Waals surface area contributed by atoms with Crippen molar-refractivity contribution >= 4 is 0 Å². The molecular weight excluding hydrogens is 276 g/mol. The molecule has 0 amide bonds. The Balaban J connectivity index is 3.13. The lowest BCUT2D eigenvalue weighted by Crippen LogP contribution is -1.82. The van der Waals surface area contributed by atoms with E-state index < -0.39 is 0 Å². The summed E-state index contributed by atoms with van der Waals surface area (Å²) in [6.07, 6.45) is 34.1. The van der Waals surface area contributed by atoms with Crippen LogP contribution in [0.3, 0.4) is 0 Å². The van der Waals surface area contributed by atoms with Gasteiger partial charge in [-0.3, -0.25) is 0 Å². The molecule has 0 unspecified atom stereocenters. The van der Waals surface area contributed by atoms with Crippen molar-refractivity contribution in [2.24, 2.45) is 0 Å². The molecule has 0 aliphatic carbocycles. The van der Waals surface area contributed by atoms with Crippen LogP contribution in [0.1, 0.15) is 96.8 Å². The van der Waals surface area contributed by atoms with Gasteiger partial charge < -0.3 is 0 Å². The highest BCUT2D eigenvalue weighted by Gasteiger charge is 1.93. The van der Waals surface area contributed by atoms with Crippen LogP contribution in [0.2, 0.25) is 0 Å². The number of rotatable bonds is 17. The monoisotopic (exact) mass is 316 g/mol. The fourth-order valence-corrected chi connectivity index (χ4v) is 2.73. The summed E-state index contributed by atoms with van der Waals surface area (Å²) in [5.74, 6) is 0. The van der Waals surface area contributed by atoms with Crippen LogP contribution in [0.4, 0.5) is 0 Å². The topological polar surface area (TPSA) is 0 Å². The Morgan fingerprint density at radius 3 is 1.48 bits per heavy atom. The lowest BCUT2D eigenvalue weighted by Gasteiger charge is -2.02. The molecule has 0 aliphatic rings. The second kappa shape index (κ2) is 21.0. The summed E-state index contributed by atoms with van der Waals surface area (Å²) in [6, 6.07) is 0. The summed E-state index contributed by atoms with van der Waals surface area (Å²) in [6.45, 7) is 5.93. The van der Waals surface area contributed by atoms with E-state index in [9.17, 15) is 0 Å². The molecule has 0 aromatic rings. The summed E-state index contributed by atoms with van der Waals surface area (Å²) < 4.78 is 0. The van der Waals surface area contributed by atoms with E-state index in [1.807, 2.05) is 18.2 Å². The van der Waals surface area contributed by atoms with Gasteiger partial charge in [0, 0.05) is 0 Å². The molecule has 0 rings (SSSR count). The first-order valence-corrected chi connectivity index (χ1v) is 10.0. The Hall–Kier alpha value is -1.04. The van der Waals surface area contributed by atoms with Crippen LogP contribution >= 0.6 is 0 Å². The van der Waals surface area contributed by atoms with Crippen LogP contribution < -0.4 is 0 Å². The molecule has 23 heavy (non-hydrogen) atoms. The van der Waals surface area contributed by atoms with Crippen LogP contribution in [0.15, 0.2) is 49.1 Å². The van der Waals surface area contributed by atoms with Crippen molar-refractivity contribution < 1.29 is 0 Å². The van der Waals surface area contributed by atoms with Gasteiger partial charge in [0.25, 0.3) is 0 Å². The first kappa shape index (κ1) is 22.0. The molecule has 132 valence electrons. The van der Waals surface area contributed by atoms with Crippen LogP contribution in [-0.2, 0) is 0 Å². The average molecular weight is 317 g/mol. The largest absolute Gasteiger partial charge is 0.0991 e. The van der Waals surface area contributed by atoms with Gasteiger partial charge in [0.2, 0.25) is 0 Å². The summed E-state index contributed by atoms with van der Waals surface area (Å²) in [7, 11) is 0. The highest BCUT2D eigenvalue weighted by molar-refractivity contribution is 5.14. The minimum atomic E-state index is 1.22. The summed E-state index contributed by atoms with van der Waals surface area (Å²) in [4.78, 5) is 0. The van der Waals surface area contributed by atoms with E-state index in [0.29, 0.717) is 0 Å². The van der Waals surface area contributed by atoms with Gasteiger partial charge in [0.05, 0.1) is 0 Å². The quantitative estimate of drug-likeness (QED) is 0.187. The van der Waals surface area contributed by atoms with Crippen LogP contribution in [0.25, 0.3) is 0 Å². The molecule has 0 nitrogen and oxygen atoms in total. The number of allylic oxidation sites excluding steroid dienone is 7. The fraction of sp³-hybridized carbons (Fsp3) is 0.652. The number of unbranched alkanes of at least 4 members (excludes halogenated alkanes) is 13. The van der Waals surface area contributed by atoms with Crippen LogP contribution in [0, 0.1) is 0 Å². The van der Waals surface area contributed by atoms with E-state index in [4.69, 9.17) is 0 Å². The zero-order valence-corrected chi connectivity index (χ0v) is 15.6. The molecule has 0 fully saturated rings. The van der Waals surface area contributed by atoms with Gasteiger partial charge in [0.1, 0.15) is 0 Å². The fourth-order valence-electron chi connectivity index (χ4n) is 2.73. The van der Waals surface area contributed by atoms with Crippen molar-refractivity contribution in [1.82, 2.24) is 0 Å². The summed E-state index contributed by atoms with van der Waals surface area (Å²) >= 11 is 0. The summed E-state index contributed by atoms with van der Waals surface area (Å²) in [5.41, 5.74) is 0. The first-order chi connectivity index (χ1) is 11.4. The molecule has 0 heterocycles. The van der Waals surface area contributed by atoms with E-state index in [2.05, 4.69) is 31.7 Å². The van der Waals surface area contributed by atoms with Crippen molar-refractivity contribution in [3.8, 4) is 0 Å². The molecule has 0 spiro atoms. The Labute approximate surface area is 146 Å². The molecule has 0 saturated heterocycles. The van der Waals surface area contributed by atoms with Crippen molar-refractivity contribution in [2.45, 2.75) is 96.8 Å². The molecular formula is C23H40. The Bertz CT molecular complexity index is 306. The molecule has 0 saturated carbocycles. The molecule has 0 aromatic carbocycles. The zero-order chi connectivity index (χ0) is 16.8. The Kier molecular flexibility index (Phi) is 20.0. The third-order valence-corrected chi connectivity index (χ3v) is 4.19. The highest BCUT2D eigenvalue weighted by Crippen LogP contribution is 2.12. The smallest absolute Gasteiger partial charge is 0.0348 e. The minimum absolute atomic E-state index is 1.22. The maximum absolute atomic E-state index is 3.64. The van der Waals surface area contributed by atoms with E-state index in [-0.39, 0.29) is 0 Å². The van der Waals surface area contributed by atoms with Gasteiger partial charge in [-0.2, -0.15) is 0 Å². The maximum atomic E-state index is 3.64. The van der Waals surface area contributed by atoms with E-state index in [1.165, 1.54) is 89.9 Å². The lowest BCUT2D eigenvalue weighted by molar-refractivity contribution is 0.540. The molecule has 0 atom stereocenters. The zero-order valence-electron chi connectivity index (χ0n) is 15.6. The van der Waals surface area contributed by atoms with Crippen molar-refractivity contribution in [1.29, 1.82) is 0 Å². The molecule has 0 N–H and O–H groups in total. The molecule has 0 bridgehead atoms. The Morgan fingerprint density at radius 2 is 0.957 bits per heavy atom. The molecule has 0 heteroatoms.